The first kappa shape index (κ1) is 15.7. The molecule has 0 aromatic heterocycles. The van der Waals surface area contributed by atoms with E-state index >= 15 is 0 Å². The second-order valence-corrected chi connectivity index (χ2v) is 0.955. The maximum atomic E-state index is 9.40. The van der Waals surface area contributed by atoms with Crippen LogP contribution < -0.4 is 0 Å². The van der Waals surface area contributed by atoms with E-state index in [4.69, 9.17) is 0 Å². The van der Waals surface area contributed by atoms with E-state index in [0.717, 1.165) is 12.7 Å². The first-order chi connectivity index (χ1) is 2.41. The Bertz CT molecular complexity index is 39.7. The number of unbranched alkanes of at least 4 members (excludes halogenated alkanes) is 1. The fourth-order valence-corrected chi connectivity index (χ4v) is 0.118. The number of rotatable bonds is 2. The first-order valence-corrected chi connectivity index (χ1v) is 1.85. The molecule has 1 nitrogen and oxygen atoms in total. The minimum Gasteiger partial charge on any atom is -1.00 e. The van der Waals surface area contributed by atoms with E-state index in [9.17, 15) is 4.79 Å². The Morgan fingerprint density at radius 1 is 1.71 bits per heavy atom. The SMILES string of the molecule is CCCC=O.[H-].[H-].[Mg+2].[Ti]. The van der Waals surface area contributed by atoms with Crippen molar-refractivity contribution in [3.8, 4) is 0 Å². The van der Waals surface area contributed by atoms with Crippen molar-refractivity contribution in [2.24, 2.45) is 0 Å². The average Bonchev–Trinajstić information content (AvgIpc) is 1.41. The maximum absolute atomic E-state index is 9.40. The molecule has 0 saturated heterocycles. The van der Waals surface area contributed by atoms with Crippen LogP contribution in [0.3, 0.4) is 0 Å². The van der Waals surface area contributed by atoms with Crippen molar-refractivity contribution in [3.63, 3.8) is 0 Å². The molecule has 0 amide bonds. The third-order valence-electron chi connectivity index (χ3n) is 0.407. The molecular weight excluding hydrogens is 136 g/mol. The Hall–Kier alpha value is 1.15. The van der Waals surface area contributed by atoms with Gasteiger partial charge in [-0.05, 0) is 6.42 Å². The summed E-state index contributed by atoms with van der Waals surface area (Å²) in [5.41, 5.74) is 0. The van der Waals surface area contributed by atoms with Crippen molar-refractivity contribution in [1.29, 1.82) is 0 Å². The molecule has 0 spiro atoms. The van der Waals surface area contributed by atoms with Gasteiger partial charge >= 0.3 is 23.1 Å². The van der Waals surface area contributed by atoms with Gasteiger partial charge in [0.15, 0.2) is 0 Å². The summed E-state index contributed by atoms with van der Waals surface area (Å²) >= 11 is 0. The molecule has 7 heavy (non-hydrogen) atoms. The van der Waals surface area contributed by atoms with E-state index in [1.807, 2.05) is 6.92 Å². The third kappa shape index (κ3) is 19.1. The van der Waals surface area contributed by atoms with Gasteiger partial charge in [-0.25, -0.2) is 0 Å². The standard InChI is InChI=1S/C4H8O.Mg.Ti.2H/c1-2-3-4-5;;;;/h4H,2-3H2,1H3;;;;/q;+2;;2*-1. The second-order valence-electron chi connectivity index (χ2n) is 0.955. The maximum Gasteiger partial charge on any atom is 2.00 e. The van der Waals surface area contributed by atoms with Gasteiger partial charge in [0.25, 0.3) is 0 Å². The van der Waals surface area contributed by atoms with Gasteiger partial charge in [0.1, 0.15) is 6.29 Å². The van der Waals surface area contributed by atoms with Crippen molar-refractivity contribution in [3.05, 3.63) is 0 Å². The van der Waals surface area contributed by atoms with E-state index in [-0.39, 0.29) is 47.6 Å². The van der Waals surface area contributed by atoms with Crippen molar-refractivity contribution in [2.45, 2.75) is 19.8 Å². The monoisotopic (exact) mass is 146 g/mol. The number of carbonyl (C=O) groups is 1. The zero-order chi connectivity index (χ0) is 4.12. The minimum atomic E-state index is 0. The van der Waals surface area contributed by atoms with Crippen LogP contribution in [0.2, 0.25) is 0 Å². The van der Waals surface area contributed by atoms with Gasteiger partial charge in [-0.1, -0.05) is 6.92 Å². The molecule has 0 aromatic rings. The summed E-state index contributed by atoms with van der Waals surface area (Å²) in [7, 11) is 0. The smallest absolute Gasteiger partial charge is 1.00 e. The van der Waals surface area contributed by atoms with Crippen LogP contribution in [0, 0.1) is 0 Å². The summed E-state index contributed by atoms with van der Waals surface area (Å²) in [5.74, 6) is 0. The Morgan fingerprint density at radius 3 is 2.14 bits per heavy atom. The van der Waals surface area contributed by atoms with Crippen LogP contribution in [0.4, 0.5) is 0 Å². The molecule has 0 radical (unpaired) electrons. The van der Waals surface area contributed by atoms with Crippen molar-refractivity contribution < 1.29 is 29.4 Å². The van der Waals surface area contributed by atoms with E-state index in [1.54, 1.807) is 0 Å². The summed E-state index contributed by atoms with van der Waals surface area (Å²) < 4.78 is 0. The van der Waals surface area contributed by atoms with Crippen molar-refractivity contribution in [1.82, 2.24) is 0 Å². The summed E-state index contributed by atoms with van der Waals surface area (Å²) in [6, 6.07) is 0. The molecule has 3 heteroatoms. The molecule has 0 bridgehead atoms. The third-order valence-corrected chi connectivity index (χ3v) is 0.407. The summed E-state index contributed by atoms with van der Waals surface area (Å²) in [4.78, 5) is 9.40. The molecule has 0 aliphatic rings. The van der Waals surface area contributed by atoms with Crippen LogP contribution in [-0.4, -0.2) is 29.3 Å². The molecule has 0 N–H and O–H groups in total. The van der Waals surface area contributed by atoms with E-state index in [2.05, 4.69) is 0 Å². The molecule has 0 atom stereocenters. The van der Waals surface area contributed by atoms with E-state index in [0.29, 0.717) is 6.42 Å². The molecule has 0 aliphatic carbocycles. The molecule has 0 aromatic carbocycles. The molecule has 0 unspecified atom stereocenters. The quantitative estimate of drug-likeness (QED) is 0.416. The minimum absolute atomic E-state index is 0. The van der Waals surface area contributed by atoms with Crippen LogP contribution in [0.5, 0.6) is 0 Å². The zero-order valence-electron chi connectivity index (χ0n) is 6.61. The molecular formula is C4H10MgOTi. The van der Waals surface area contributed by atoms with E-state index < -0.39 is 0 Å². The predicted octanol–water partition coefficient (Wildman–Crippen LogP) is 0.827. The normalized spacial score (nSPS) is 5.29. The summed E-state index contributed by atoms with van der Waals surface area (Å²) in [6.07, 6.45) is 2.61. The predicted molar refractivity (Wildman–Crippen MR) is 28.9 cm³/mol. The van der Waals surface area contributed by atoms with Crippen molar-refractivity contribution in [2.75, 3.05) is 0 Å². The van der Waals surface area contributed by atoms with Gasteiger partial charge in [-0.3, -0.25) is 0 Å². The number of hydrogen-bond acceptors (Lipinski definition) is 1. The number of hydrogen-bond donors (Lipinski definition) is 0. The topological polar surface area (TPSA) is 17.1 Å². The van der Waals surface area contributed by atoms with Gasteiger partial charge in [-0.15, -0.1) is 0 Å². The van der Waals surface area contributed by atoms with Gasteiger partial charge in [0.2, 0.25) is 0 Å². The van der Waals surface area contributed by atoms with Gasteiger partial charge in [-0.2, -0.15) is 0 Å². The van der Waals surface area contributed by atoms with Crippen LogP contribution in [0.25, 0.3) is 0 Å². The second kappa shape index (κ2) is 15.7. The molecule has 0 aliphatic heterocycles. The van der Waals surface area contributed by atoms with Gasteiger partial charge < -0.3 is 7.65 Å². The summed E-state index contributed by atoms with van der Waals surface area (Å²) in [6.45, 7) is 1.98. The number of carbonyl (C=O) groups excluding carboxylic acids is 1. The molecule has 0 heterocycles. The van der Waals surface area contributed by atoms with Crippen LogP contribution in [-0.2, 0) is 26.5 Å². The Labute approximate surface area is 78.2 Å². The molecule has 0 fully saturated rings. The first-order valence-electron chi connectivity index (χ1n) is 1.85. The van der Waals surface area contributed by atoms with Crippen LogP contribution >= 0.6 is 0 Å². The average molecular weight is 146 g/mol. The molecule has 0 saturated carbocycles. The van der Waals surface area contributed by atoms with E-state index in [1.165, 1.54) is 0 Å². The Morgan fingerprint density at radius 2 is 2.14 bits per heavy atom. The number of aldehydes is 1. The molecule has 0 rings (SSSR count). The zero-order valence-corrected chi connectivity index (χ0v) is 7.58. The van der Waals surface area contributed by atoms with Gasteiger partial charge in [0, 0.05) is 28.1 Å². The fraction of sp³-hybridized carbons (Fsp3) is 0.750. The molecule has 38 valence electrons. The largest absolute Gasteiger partial charge is 2.00 e. The van der Waals surface area contributed by atoms with Crippen LogP contribution in [0.15, 0.2) is 0 Å². The van der Waals surface area contributed by atoms with Crippen LogP contribution in [0.1, 0.15) is 22.6 Å². The Balaban J connectivity index is -0.0000000133. The fourth-order valence-electron chi connectivity index (χ4n) is 0.118. The van der Waals surface area contributed by atoms with Crippen molar-refractivity contribution >= 4 is 29.3 Å². The Kier molecular flexibility index (Phi) is 35.2. The van der Waals surface area contributed by atoms with Gasteiger partial charge in [0.05, 0.1) is 0 Å². The summed E-state index contributed by atoms with van der Waals surface area (Å²) in [5, 5.41) is 0.